The molecule has 0 aliphatic heterocycles. The van der Waals surface area contributed by atoms with Crippen molar-refractivity contribution in [1.29, 1.82) is 0 Å². The predicted molar refractivity (Wildman–Crippen MR) is 54.1 cm³/mol. The summed E-state index contributed by atoms with van der Waals surface area (Å²) >= 11 is 0. The Labute approximate surface area is 82.5 Å². The van der Waals surface area contributed by atoms with Gasteiger partial charge in [0.1, 0.15) is 11.5 Å². The highest BCUT2D eigenvalue weighted by atomic mass is 16.5. The molecule has 0 aliphatic carbocycles. The number of hydrogen-bond acceptors (Lipinski definition) is 4. The van der Waals surface area contributed by atoms with E-state index in [2.05, 4.69) is 4.99 Å². The first-order valence-electron chi connectivity index (χ1n) is 4.25. The molecule has 0 heterocycles. The zero-order valence-corrected chi connectivity index (χ0v) is 7.97. The smallest absolute Gasteiger partial charge is 0.128 e. The number of rotatable bonds is 4. The molecule has 0 saturated heterocycles. The average Bonchev–Trinajstić information content (AvgIpc) is 2.15. The summed E-state index contributed by atoms with van der Waals surface area (Å²) in [7, 11) is 1.60. The van der Waals surface area contributed by atoms with Gasteiger partial charge in [0.15, 0.2) is 0 Å². The number of aliphatic imine (C=N–C) groups is 1. The molecule has 2 N–H and O–H groups in total. The van der Waals surface area contributed by atoms with Gasteiger partial charge in [-0.3, -0.25) is 4.99 Å². The van der Waals surface area contributed by atoms with E-state index >= 15 is 0 Å². The third-order valence-electron chi connectivity index (χ3n) is 1.67. The first-order valence-corrected chi connectivity index (χ1v) is 4.25. The summed E-state index contributed by atoms with van der Waals surface area (Å²) in [4.78, 5) is 4.03. The highest BCUT2D eigenvalue weighted by Gasteiger charge is 1.98. The molecule has 0 atom stereocenters. The largest absolute Gasteiger partial charge is 0.508 e. The predicted octanol–water partition coefficient (Wildman–Crippen LogP) is 1.16. The Hall–Kier alpha value is -1.55. The molecule has 0 aliphatic rings. The van der Waals surface area contributed by atoms with E-state index in [0.29, 0.717) is 18.7 Å². The van der Waals surface area contributed by atoms with Crippen LogP contribution in [0.3, 0.4) is 0 Å². The lowest BCUT2D eigenvalue weighted by molar-refractivity contribution is 0.208. The lowest BCUT2D eigenvalue weighted by Gasteiger charge is -1.98. The molecular formula is C10H13NO3. The SMILES string of the molecule is COCCN=Cc1ccc(O)cc1O. The molecule has 0 radical (unpaired) electrons. The number of aromatic hydroxyl groups is 2. The standard InChI is InChI=1S/C10H13NO3/c1-14-5-4-11-7-8-2-3-9(12)6-10(8)13/h2-3,6-7,12-13H,4-5H2,1H3. The summed E-state index contributed by atoms with van der Waals surface area (Å²) in [5, 5.41) is 18.4. The van der Waals surface area contributed by atoms with Crippen LogP contribution >= 0.6 is 0 Å². The second-order valence-electron chi connectivity index (χ2n) is 2.77. The number of nitrogens with zero attached hydrogens (tertiary/aromatic N) is 1. The summed E-state index contributed by atoms with van der Waals surface area (Å²) in [6.45, 7) is 1.10. The van der Waals surface area contributed by atoms with E-state index in [1.54, 1.807) is 19.4 Å². The van der Waals surface area contributed by atoms with Gasteiger partial charge in [0, 0.05) is 25.0 Å². The van der Waals surface area contributed by atoms with Gasteiger partial charge in [0.05, 0.1) is 13.2 Å². The fourth-order valence-electron chi connectivity index (χ4n) is 0.948. The molecule has 1 rings (SSSR count). The van der Waals surface area contributed by atoms with E-state index in [1.807, 2.05) is 0 Å². The van der Waals surface area contributed by atoms with Gasteiger partial charge in [-0.2, -0.15) is 0 Å². The maximum atomic E-state index is 9.37. The van der Waals surface area contributed by atoms with Gasteiger partial charge in [-0.25, -0.2) is 0 Å². The van der Waals surface area contributed by atoms with E-state index in [-0.39, 0.29) is 11.5 Å². The van der Waals surface area contributed by atoms with Crippen molar-refractivity contribution in [2.24, 2.45) is 4.99 Å². The van der Waals surface area contributed by atoms with E-state index in [9.17, 15) is 5.11 Å². The highest BCUT2D eigenvalue weighted by molar-refractivity contribution is 5.83. The number of phenolic OH excluding ortho intramolecular Hbond substituents is 2. The van der Waals surface area contributed by atoms with Crippen LogP contribution in [-0.2, 0) is 4.74 Å². The molecule has 1 aromatic carbocycles. The minimum absolute atomic E-state index is 0.0196. The third kappa shape index (κ3) is 3.06. The van der Waals surface area contributed by atoms with Crippen LogP contribution in [0.25, 0.3) is 0 Å². The molecule has 0 amide bonds. The maximum absolute atomic E-state index is 9.37. The maximum Gasteiger partial charge on any atom is 0.128 e. The van der Waals surface area contributed by atoms with Gasteiger partial charge < -0.3 is 14.9 Å². The monoisotopic (exact) mass is 195 g/mol. The molecule has 0 aromatic heterocycles. The molecule has 1 aromatic rings. The average molecular weight is 195 g/mol. The Balaban J connectivity index is 2.62. The van der Waals surface area contributed by atoms with Gasteiger partial charge in [-0.05, 0) is 12.1 Å². The van der Waals surface area contributed by atoms with Crippen molar-refractivity contribution in [2.45, 2.75) is 0 Å². The quantitative estimate of drug-likeness (QED) is 0.560. The third-order valence-corrected chi connectivity index (χ3v) is 1.67. The van der Waals surface area contributed by atoms with Crippen molar-refractivity contribution in [3.05, 3.63) is 23.8 Å². The van der Waals surface area contributed by atoms with Gasteiger partial charge in [0.2, 0.25) is 0 Å². The minimum Gasteiger partial charge on any atom is -0.508 e. The first-order chi connectivity index (χ1) is 6.74. The molecule has 4 nitrogen and oxygen atoms in total. The van der Waals surface area contributed by atoms with Crippen molar-refractivity contribution < 1.29 is 14.9 Å². The van der Waals surface area contributed by atoms with Gasteiger partial charge >= 0.3 is 0 Å². The number of ether oxygens (including phenoxy) is 1. The summed E-state index contributed by atoms with van der Waals surface area (Å²) in [6.07, 6.45) is 1.55. The Morgan fingerprint density at radius 2 is 2.21 bits per heavy atom. The summed E-state index contributed by atoms with van der Waals surface area (Å²) in [5.74, 6) is 0.0581. The van der Waals surface area contributed by atoms with E-state index in [1.165, 1.54) is 12.1 Å². The van der Waals surface area contributed by atoms with Crippen LogP contribution < -0.4 is 0 Å². The van der Waals surface area contributed by atoms with Crippen LogP contribution in [0, 0.1) is 0 Å². The Morgan fingerprint density at radius 3 is 2.86 bits per heavy atom. The van der Waals surface area contributed by atoms with E-state index in [4.69, 9.17) is 9.84 Å². The lowest BCUT2D eigenvalue weighted by atomic mass is 10.2. The van der Waals surface area contributed by atoms with Crippen molar-refractivity contribution in [3.63, 3.8) is 0 Å². The molecule has 76 valence electrons. The minimum atomic E-state index is 0.0196. The molecule has 14 heavy (non-hydrogen) atoms. The molecular weight excluding hydrogens is 182 g/mol. The number of phenols is 2. The lowest BCUT2D eigenvalue weighted by Crippen LogP contribution is -1.93. The van der Waals surface area contributed by atoms with Crippen LogP contribution in [-0.4, -0.2) is 36.7 Å². The second kappa shape index (κ2) is 5.24. The zero-order chi connectivity index (χ0) is 10.4. The van der Waals surface area contributed by atoms with Crippen LogP contribution in [0.2, 0.25) is 0 Å². The van der Waals surface area contributed by atoms with E-state index < -0.39 is 0 Å². The summed E-state index contributed by atoms with van der Waals surface area (Å²) in [6, 6.07) is 4.37. The fourth-order valence-corrected chi connectivity index (χ4v) is 0.948. The molecule has 0 saturated carbocycles. The number of methoxy groups -OCH3 is 1. The van der Waals surface area contributed by atoms with Crippen molar-refractivity contribution in [2.75, 3.05) is 20.3 Å². The molecule has 0 bridgehead atoms. The van der Waals surface area contributed by atoms with Gasteiger partial charge in [-0.15, -0.1) is 0 Å². The van der Waals surface area contributed by atoms with Crippen LogP contribution in [0.5, 0.6) is 11.5 Å². The summed E-state index contributed by atoms with van der Waals surface area (Å²) < 4.78 is 4.81. The molecule has 0 unspecified atom stereocenters. The fraction of sp³-hybridized carbons (Fsp3) is 0.300. The Kier molecular flexibility index (Phi) is 3.94. The van der Waals surface area contributed by atoms with Gasteiger partial charge in [-0.1, -0.05) is 0 Å². The highest BCUT2D eigenvalue weighted by Crippen LogP contribution is 2.20. The summed E-state index contributed by atoms with van der Waals surface area (Å²) in [5.41, 5.74) is 0.582. The zero-order valence-electron chi connectivity index (χ0n) is 7.97. The normalized spacial score (nSPS) is 10.9. The Morgan fingerprint density at radius 1 is 1.43 bits per heavy atom. The van der Waals surface area contributed by atoms with E-state index in [0.717, 1.165) is 0 Å². The van der Waals surface area contributed by atoms with Gasteiger partial charge in [0.25, 0.3) is 0 Å². The van der Waals surface area contributed by atoms with Crippen LogP contribution in [0.15, 0.2) is 23.2 Å². The first kappa shape index (κ1) is 10.5. The molecule has 0 fully saturated rings. The molecule has 0 spiro atoms. The topological polar surface area (TPSA) is 62.0 Å². The number of benzene rings is 1. The molecule has 4 heteroatoms. The van der Waals surface area contributed by atoms with Crippen LogP contribution in [0.1, 0.15) is 5.56 Å². The van der Waals surface area contributed by atoms with Crippen molar-refractivity contribution >= 4 is 6.21 Å². The second-order valence-corrected chi connectivity index (χ2v) is 2.77. The number of hydrogen-bond donors (Lipinski definition) is 2. The van der Waals surface area contributed by atoms with Crippen LogP contribution in [0.4, 0.5) is 0 Å². The Bertz CT molecular complexity index is 323. The van der Waals surface area contributed by atoms with Crippen molar-refractivity contribution in [3.8, 4) is 11.5 Å². The van der Waals surface area contributed by atoms with Crippen molar-refractivity contribution in [1.82, 2.24) is 0 Å².